The third-order valence-corrected chi connectivity index (χ3v) is 5.11. The third-order valence-electron chi connectivity index (χ3n) is 3.32. The quantitative estimate of drug-likeness (QED) is 0.695. The molecule has 0 aromatic heterocycles. The highest BCUT2D eigenvalue weighted by atomic mass is 32.2. The maximum absolute atomic E-state index is 11.9. The maximum Gasteiger partial charge on any atom is 0.223 e. The van der Waals surface area contributed by atoms with Crippen LogP contribution in [0.2, 0.25) is 0 Å². The van der Waals surface area contributed by atoms with Crippen molar-refractivity contribution in [3.63, 3.8) is 0 Å². The van der Waals surface area contributed by atoms with Crippen LogP contribution in [0.5, 0.6) is 0 Å². The number of nitrogens with one attached hydrogen (secondary N) is 1. The lowest BCUT2D eigenvalue weighted by Crippen LogP contribution is -2.52. The van der Waals surface area contributed by atoms with E-state index in [9.17, 15) is 13.2 Å². The Morgan fingerprint density at radius 1 is 1.44 bits per heavy atom. The second-order valence-electron chi connectivity index (χ2n) is 4.78. The summed E-state index contributed by atoms with van der Waals surface area (Å²) in [4.78, 5) is 13.6. The van der Waals surface area contributed by atoms with E-state index in [2.05, 4.69) is 5.32 Å². The van der Waals surface area contributed by atoms with Crippen LogP contribution >= 0.6 is 0 Å². The molecule has 0 aliphatic carbocycles. The van der Waals surface area contributed by atoms with Gasteiger partial charge in [0.05, 0.1) is 11.5 Å². The molecule has 2 aliphatic heterocycles. The molecule has 1 unspecified atom stereocenters. The highest BCUT2D eigenvalue weighted by Crippen LogP contribution is 2.16. The summed E-state index contributed by atoms with van der Waals surface area (Å²) in [6.45, 7) is 3.99. The number of nitrogens with zero attached hydrogens (tertiary/aromatic N) is 1. The maximum atomic E-state index is 11.9. The Morgan fingerprint density at radius 3 is 2.62 bits per heavy atom. The molecule has 2 fully saturated rings. The smallest absolute Gasteiger partial charge is 0.223 e. The molecule has 0 aromatic rings. The fourth-order valence-electron chi connectivity index (χ4n) is 2.23. The predicted octanol–water partition coefficient (Wildman–Crippen LogP) is -0.759. The lowest BCUT2D eigenvalue weighted by molar-refractivity contribution is -0.134. The summed E-state index contributed by atoms with van der Waals surface area (Å²) < 4.78 is 22.7. The van der Waals surface area contributed by atoms with E-state index in [-0.39, 0.29) is 23.5 Å². The molecule has 1 atom stereocenters. The highest BCUT2D eigenvalue weighted by molar-refractivity contribution is 7.91. The van der Waals surface area contributed by atoms with E-state index < -0.39 is 9.84 Å². The molecule has 2 saturated heterocycles. The van der Waals surface area contributed by atoms with Gasteiger partial charge in [0, 0.05) is 19.0 Å². The van der Waals surface area contributed by atoms with Crippen LogP contribution in [0.15, 0.2) is 0 Å². The molecule has 1 amide bonds. The van der Waals surface area contributed by atoms with Crippen molar-refractivity contribution in [2.45, 2.75) is 19.4 Å². The van der Waals surface area contributed by atoms with E-state index >= 15 is 0 Å². The first-order valence-corrected chi connectivity index (χ1v) is 7.51. The Kier molecular flexibility index (Phi) is 3.21. The third kappa shape index (κ3) is 2.55. The summed E-state index contributed by atoms with van der Waals surface area (Å²) in [6.07, 6.45) is 0.553. The number of carbonyl (C=O) groups is 1. The summed E-state index contributed by atoms with van der Waals surface area (Å²) in [7, 11) is -2.92. The molecule has 0 saturated carbocycles. The van der Waals surface area contributed by atoms with Crippen LogP contribution in [0.3, 0.4) is 0 Å². The van der Waals surface area contributed by atoms with E-state index in [4.69, 9.17) is 0 Å². The number of rotatable bonds is 2. The second kappa shape index (κ2) is 4.33. The van der Waals surface area contributed by atoms with Gasteiger partial charge in [-0.05, 0) is 25.9 Å². The zero-order chi connectivity index (χ0) is 11.8. The van der Waals surface area contributed by atoms with E-state index in [0.717, 1.165) is 13.1 Å². The van der Waals surface area contributed by atoms with Crippen LogP contribution in [-0.2, 0) is 14.6 Å². The minimum absolute atomic E-state index is 0.105. The van der Waals surface area contributed by atoms with Gasteiger partial charge in [0.15, 0.2) is 9.84 Å². The molecule has 0 radical (unpaired) electrons. The Hall–Kier alpha value is -0.620. The Morgan fingerprint density at radius 2 is 2.12 bits per heavy atom. The molecule has 0 aromatic carbocycles. The van der Waals surface area contributed by atoms with Crippen LogP contribution < -0.4 is 5.32 Å². The number of hydrogen-bond acceptors (Lipinski definition) is 4. The number of sulfone groups is 1. The Bertz CT molecular complexity index is 376. The summed E-state index contributed by atoms with van der Waals surface area (Å²) in [5, 5.41) is 3.13. The number of carbonyl (C=O) groups excluding carboxylic acids is 1. The van der Waals surface area contributed by atoms with Gasteiger partial charge in [0.2, 0.25) is 5.91 Å². The van der Waals surface area contributed by atoms with Crippen LogP contribution in [0.4, 0.5) is 0 Å². The van der Waals surface area contributed by atoms with Crippen LogP contribution in [0.1, 0.15) is 13.3 Å². The lowest BCUT2D eigenvalue weighted by Gasteiger charge is -2.35. The molecule has 5 nitrogen and oxygen atoms in total. The van der Waals surface area contributed by atoms with Gasteiger partial charge in [-0.25, -0.2) is 8.42 Å². The molecule has 0 spiro atoms. The van der Waals surface area contributed by atoms with Gasteiger partial charge in [-0.2, -0.15) is 0 Å². The highest BCUT2D eigenvalue weighted by Gasteiger charge is 2.32. The fourth-order valence-corrected chi connectivity index (χ4v) is 3.78. The van der Waals surface area contributed by atoms with Crippen molar-refractivity contribution in [2.75, 3.05) is 31.1 Å². The lowest BCUT2D eigenvalue weighted by atomic mass is 9.98. The van der Waals surface area contributed by atoms with Crippen molar-refractivity contribution >= 4 is 15.7 Å². The van der Waals surface area contributed by atoms with Crippen molar-refractivity contribution in [3.05, 3.63) is 0 Å². The van der Waals surface area contributed by atoms with Crippen LogP contribution in [0, 0.1) is 5.92 Å². The summed E-state index contributed by atoms with van der Waals surface area (Å²) in [5.41, 5.74) is 0. The van der Waals surface area contributed by atoms with Gasteiger partial charge in [-0.3, -0.25) is 4.79 Å². The van der Waals surface area contributed by atoms with Gasteiger partial charge in [0.25, 0.3) is 0 Å². The molecular formula is C10H18N2O3S. The molecule has 1 N–H and O–H groups in total. The number of amides is 1. The number of hydrogen-bond donors (Lipinski definition) is 1. The van der Waals surface area contributed by atoms with Crippen LogP contribution in [-0.4, -0.2) is 56.4 Å². The van der Waals surface area contributed by atoms with E-state index in [1.54, 1.807) is 4.90 Å². The second-order valence-corrected chi connectivity index (χ2v) is 7.01. The summed E-state index contributed by atoms with van der Waals surface area (Å²) in [6, 6.07) is -0.167. The standard InChI is InChI=1S/C10H18N2O3S/c1-8-7-16(14,15)3-2-12(8)10(13)4-9-5-11-6-9/h8-9,11H,2-7H2,1H3. The molecule has 6 heteroatoms. The average Bonchev–Trinajstić information content (AvgIpc) is 2.09. The molecule has 92 valence electrons. The fraction of sp³-hybridized carbons (Fsp3) is 0.900. The molecule has 2 aliphatic rings. The molecule has 2 heterocycles. The summed E-state index contributed by atoms with van der Waals surface area (Å²) >= 11 is 0. The SMILES string of the molecule is CC1CS(=O)(=O)CCN1C(=O)CC1CNC1. The Labute approximate surface area is 96.1 Å². The van der Waals surface area contributed by atoms with Crippen molar-refractivity contribution in [1.82, 2.24) is 10.2 Å². The average molecular weight is 246 g/mol. The van der Waals surface area contributed by atoms with Gasteiger partial charge >= 0.3 is 0 Å². The van der Waals surface area contributed by atoms with Gasteiger partial charge in [0.1, 0.15) is 0 Å². The van der Waals surface area contributed by atoms with E-state index in [0.29, 0.717) is 18.9 Å². The van der Waals surface area contributed by atoms with E-state index in [1.165, 1.54) is 0 Å². The minimum Gasteiger partial charge on any atom is -0.338 e. The molecular weight excluding hydrogens is 228 g/mol. The first kappa shape index (κ1) is 11.9. The summed E-state index contributed by atoms with van der Waals surface area (Å²) in [5.74, 6) is 0.778. The zero-order valence-corrected chi connectivity index (χ0v) is 10.3. The molecule has 16 heavy (non-hydrogen) atoms. The van der Waals surface area contributed by atoms with Gasteiger partial charge < -0.3 is 10.2 Å². The Balaban J connectivity index is 1.91. The monoisotopic (exact) mass is 246 g/mol. The van der Waals surface area contributed by atoms with Crippen molar-refractivity contribution in [2.24, 2.45) is 5.92 Å². The topological polar surface area (TPSA) is 66.5 Å². The molecule has 2 rings (SSSR count). The van der Waals surface area contributed by atoms with Crippen LogP contribution in [0.25, 0.3) is 0 Å². The predicted molar refractivity (Wildman–Crippen MR) is 60.8 cm³/mol. The largest absolute Gasteiger partial charge is 0.338 e. The van der Waals surface area contributed by atoms with E-state index in [1.807, 2.05) is 6.92 Å². The van der Waals surface area contributed by atoms with Gasteiger partial charge in [-0.1, -0.05) is 0 Å². The normalized spacial score (nSPS) is 29.8. The zero-order valence-electron chi connectivity index (χ0n) is 9.48. The molecule has 0 bridgehead atoms. The first-order chi connectivity index (χ1) is 7.48. The minimum atomic E-state index is -2.92. The van der Waals surface area contributed by atoms with Crippen molar-refractivity contribution in [3.8, 4) is 0 Å². The first-order valence-electron chi connectivity index (χ1n) is 5.68. The van der Waals surface area contributed by atoms with Crippen molar-refractivity contribution < 1.29 is 13.2 Å². The van der Waals surface area contributed by atoms with Crippen molar-refractivity contribution in [1.29, 1.82) is 0 Å². The van der Waals surface area contributed by atoms with Gasteiger partial charge in [-0.15, -0.1) is 0 Å².